The topological polar surface area (TPSA) is 57.7 Å². The number of benzene rings is 2. The minimum atomic E-state index is -3.64. The molecule has 5 nitrogen and oxygen atoms in total. The van der Waals surface area contributed by atoms with Gasteiger partial charge >= 0.3 is 0 Å². The molecule has 0 spiro atoms. The number of amides is 1. The van der Waals surface area contributed by atoms with Gasteiger partial charge in [-0.05, 0) is 68.0 Å². The third-order valence-electron chi connectivity index (χ3n) is 6.37. The highest BCUT2D eigenvalue weighted by Crippen LogP contribution is 2.39. The van der Waals surface area contributed by atoms with E-state index in [1.165, 1.54) is 0 Å². The van der Waals surface area contributed by atoms with Gasteiger partial charge < -0.3 is 4.90 Å². The number of rotatable bonds is 3. The van der Waals surface area contributed by atoms with Crippen LogP contribution in [0.1, 0.15) is 37.3 Å². The minimum absolute atomic E-state index is 0.104. The van der Waals surface area contributed by atoms with E-state index in [0.717, 1.165) is 48.2 Å². The van der Waals surface area contributed by atoms with Crippen LogP contribution in [0.25, 0.3) is 0 Å². The molecule has 5 rings (SSSR count). The molecule has 0 radical (unpaired) electrons. The maximum atomic E-state index is 13.4. The van der Waals surface area contributed by atoms with E-state index in [9.17, 15) is 13.2 Å². The number of nitrogens with zero attached hydrogens (tertiary/aromatic N) is 2. The second-order valence-electron chi connectivity index (χ2n) is 8.14. The lowest BCUT2D eigenvalue weighted by atomic mass is 9.84. The van der Waals surface area contributed by atoms with E-state index >= 15 is 0 Å². The van der Waals surface area contributed by atoms with Crippen LogP contribution in [-0.4, -0.2) is 26.9 Å². The van der Waals surface area contributed by atoms with E-state index in [1.54, 1.807) is 16.4 Å². The van der Waals surface area contributed by atoms with Crippen molar-refractivity contribution in [3.05, 3.63) is 53.6 Å². The average molecular weight is 397 g/mol. The standard InChI is InChI=1S/C22H24N2O3S/c1-15-13-17-5-2-3-8-21(17)24(15)28(26,27)19-9-10-20-18(14-19)11-12-23(20)22(25)16-6-4-7-16/h2-3,5,8-10,14-16H,4,6-7,11-13H2,1H3. The van der Waals surface area contributed by atoms with Crippen molar-refractivity contribution in [3.8, 4) is 0 Å². The van der Waals surface area contributed by atoms with Gasteiger partial charge in [0.1, 0.15) is 0 Å². The molecule has 1 amide bonds. The second-order valence-corrected chi connectivity index (χ2v) is 9.96. The van der Waals surface area contributed by atoms with Gasteiger partial charge in [-0.3, -0.25) is 9.10 Å². The molecule has 2 aromatic rings. The Kier molecular flexibility index (Phi) is 4.02. The highest BCUT2D eigenvalue weighted by atomic mass is 32.2. The predicted octanol–water partition coefficient (Wildman–Crippen LogP) is 3.52. The van der Waals surface area contributed by atoms with Gasteiger partial charge in [0.05, 0.1) is 10.6 Å². The van der Waals surface area contributed by atoms with Crippen molar-refractivity contribution in [2.75, 3.05) is 15.7 Å². The highest BCUT2D eigenvalue weighted by Gasteiger charge is 2.37. The maximum Gasteiger partial charge on any atom is 0.264 e. The first-order chi connectivity index (χ1) is 13.5. The smallest absolute Gasteiger partial charge is 0.264 e. The number of sulfonamides is 1. The lowest BCUT2D eigenvalue weighted by Gasteiger charge is -2.29. The van der Waals surface area contributed by atoms with Crippen LogP contribution in [0.3, 0.4) is 0 Å². The molecule has 1 fully saturated rings. The Labute approximate surface area is 166 Å². The van der Waals surface area contributed by atoms with Gasteiger partial charge in [0, 0.05) is 24.2 Å². The van der Waals surface area contributed by atoms with Crippen LogP contribution < -0.4 is 9.21 Å². The van der Waals surface area contributed by atoms with Gasteiger partial charge in [-0.25, -0.2) is 8.42 Å². The monoisotopic (exact) mass is 396 g/mol. The molecule has 28 heavy (non-hydrogen) atoms. The third kappa shape index (κ3) is 2.58. The summed E-state index contributed by atoms with van der Waals surface area (Å²) in [5.41, 5.74) is 3.67. The first kappa shape index (κ1) is 17.7. The Hall–Kier alpha value is -2.34. The van der Waals surface area contributed by atoms with E-state index in [2.05, 4.69) is 0 Å². The molecule has 0 saturated heterocycles. The Balaban J connectivity index is 1.48. The van der Waals surface area contributed by atoms with Crippen LogP contribution in [0.4, 0.5) is 11.4 Å². The Morgan fingerprint density at radius 2 is 1.82 bits per heavy atom. The van der Waals surface area contributed by atoms with Crippen LogP contribution in [0.15, 0.2) is 47.4 Å². The predicted molar refractivity (Wildman–Crippen MR) is 109 cm³/mol. The van der Waals surface area contributed by atoms with Crippen LogP contribution >= 0.6 is 0 Å². The maximum absolute atomic E-state index is 13.4. The fraction of sp³-hybridized carbons (Fsp3) is 0.409. The van der Waals surface area contributed by atoms with E-state index in [-0.39, 0.29) is 17.9 Å². The van der Waals surface area contributed by atoms with Gasteiger partial charge in [-0.15, -0.1) is 0 Å². The minimum Gasteiger partial charge on any atom is -0.312 e. The second kappa shape index (κ2) is 6.34. The van der Waals surface area contributed by atoms with Gasteiger partial charge in [0.15, 0.2) is 0 Å². The van der Waals surface area contributed by atoms with Gasteiger partial charge in [0.25, 0.3) is 10.0 Å². The number of para-hydroxylation sites is 1. The molecule has 0 N–H and O–H groups in total. The quantitative estimate of drug-likeness (QED) is 0.798. The zero-order valence-corrected chi connectivity index (χ0v) is 16.8. The van der Waals surface area contributed by atoms with Crippen molar-refractivity contribution in [2.45, 2.75) is 50.0 Å². The molecule has 0 aromatic heterocycles. The van der Waals surface area contributed by atoms with Crippen LogP contribution in [0, 0.1) is 5.92 Å². The lowest BCUT2D eigenvalue weighted by molar-refractivity contribution is -0.124. The third-order valence-corrected chi connectivity index (χ3v) is 8.29. The molecule has 0 bridgehead atoms. The normalized spacial score (nSPS) is 21.4. The zero-order chi connectivity index (χ0) is 19.5. The number of carbonyl (C=O) groups excluding carboxylic acids is 1. The number of hydrogen-bond acceptors (Lipinski definition) is 3. The summed E-state index contributed by atoms with van der Waals surface area (Å²) in [7, 11) is -3.64. The van der Waals surface area contributed by atoms with Crippen LogP contribution in [-0.2, 0) is 27.7 Å². The molecular weight excluding hydrogens is 372 g/mol. The highest BCUT2D eigenvalue weighted by molar-refractivity contribution is 7.92. The van der Waals surface area contributed by atoms with E-state index in [1.807, 2.05) is 42.2 Å². The van der Waals surface area contributed by atoms with E-state index < -0.39 is 10.0 Å². The summed E-state index contributed by atoms with van der Waals surface area (Å²) in [6.07, 6.45) is 4.52. The molecule has 1 aliphatic carbocycles. The van der Waals surface area contributed by atoms with Crippen molar-refractivity contribution in [2.24, 2.45) is 5.92 Å². The zero-order valence-electron chi connectivity index (χ0n) is 16.0. The van der Waals surface area contributed by atoms with Crippen molar-refractivity contribution in [1.29, 1.82) is 0 Å². The number of anilines is 2. The molecule has 1 saturated carbocycles. The molecule has 1 unspecified atom stereocenters. The average Bonchev–Trinajstić information content (AvgIpc) is 3.19. The summed E-state index contributed by atoms with van der Waals surface area (Å²) in [5.74, 6) is 0.346. The molecule has 3 aliphatic rings. The van der Waals surface area contributed by atoms with Crippen LogP contribution in [0.5, 0.6) is 0 Å². The van der Waals surface area contributed by atoms with Crippen molar-refractivity contribution in [1.82, 2.24) is 0 Å². The van der Waals surface area contributed by atoms with Crippen molar-refractivity contribution >= 4 is 27.3 Å². The Bertz CT molecular complexity index is 1060. The fourth-order valence-corrected chi connectivity index (χ4v) is 6.40. The van der Waals surface area contributed by atoms with Crippen LogP contribution in [0.2, 0.25) is 0 Å². The largest absolute Gasteiger partial charge is 0.312 e. The Morgan fingerprint density at radius 3 is 2.57 bits per heavy atom. The molecular formula is C22H24N2O3S. The fourth-order valence-electron chi connectivity index (χ4n) is 4.66. The summed E-state index contributed by atoms with van der Waals surface area (Å²) in [6, 6.07) is 12.8. The summed E-state index contributed by atoms with van der Waals surface area (Å²) < 4.78 is 28.4. The first-order valence-corrected chi connectivity index (χ1v) is 11.5. The Morgan fingerprint density at radius 1 is 1.04 bits per heavy atom. The molecule has 2 aliphatic heterocycles. The molecule has 2 aromatic carbocycles. The van der Waals surface area contributed by atoms with E-state index in [4.69, 9.17) is 0 Å². The summed E-state index contributed by atoms with van der Waals surface area (Å²) in [5, 5.41) is 0. The summed E-state index contributed by atoms with van der Waals surface area (Å²) in [4.78, 5) is 14.8. The number of hydrogen-bond donors (Lipinski definition) is 0. The SMILES string of the molecule is CC1Cc2ccccc2N1S(=O)(=O)c1ccc2c(c1)CCN2C(=O)C1CCC1. The molecule has 2 heterocycles. The first-order valence-electron chi connectivity index (χ1n) is 10.0. The van der Waals surface area contributed by atoms with Gasteiger partial charge in [-0.2, -0.15) is 0 Å². The van der Waals surface area contributed by atoms with E-state index in [0.29, 0.717) is 17.9 Å². The van der Waals surface area contributed by atoms with Gasteiger partial charge in [0.2, 0.25) is 5.91 Å². The molecule has 146 valence electrons. The van der Waals surface area contributed by atoms with Gasteiger partial charge in [-0.1, -0.05) is 24.6 Å². The molecule has 1 atom stereocenters. The van der Waals surface area contributed by atoms with Crippen molar-refractivity contribution in [3.63, 3.8) is 0 Å². The molecule has 6 heteroatoms. The number of carbonyl (C=O) groups is 1. The lowest BCUT2D eigenvalue weighted by Crippen LogP contribution is -2.37. The summed E-state index contributed by atoms with van der Waals surface area (Å²) >= 11 is 0. The number of fused-ring (bicyclic) bond motifs is 2. The van der Waals surface area contributed by atoms with Crippen molar-refractivity contribution < 1.29 is 13.2 Å². The summed E-state index contributed by atoms with van der Waals surface area (Å²) in [6.45, 7) is 2.60.